The number of carbonyl (C=O) groups excluding carboxylic acids is 2. The van der Waals surface area contributed by atoms with Crippen LogP contribution in [0.3, 0.4) is 0 Å². The van der Waals surface area contributed by atoms with Crippen molar-refractivity contribution in [3.8, 4) is 5.75 Å². The summed E-state index contributed by atoms with van der Waals surface area (Å²) < 4.78 is 7.28. The summed E-state index contributed by atoms with van der Waals surface area (Å²) in [5.74, 6) is -0.101. The highest BCUT2D eigenvalue weighted by molar-refractivity contribution is 5.91. The number of nitrogens with zero attached hydrogens (tertiary/aromatic N) is 2. The van der Waals surface area contributed by atoms with E-state index in [0.29, 0.717) is 18.0 Å². The summed E-state index contributed by atoms with van der Waals surface area (Å²) in [6, 6.07) is 16.3. The third kappa shape index (κ3) is 5.71. The summed E-state index contributed by atoms with van der Waals surface area (Å²) in [4.78, 5) is 23.0. The second-order valence-electron chi connectivity index (χ2n) is 6.03. The Balaban J connectivity index is 1.51. The van der Waals surface area contributed by atoms with E-state index < -0.39 is 5.91 Å². The Morgan fingerprint density at radius 2 is 1.89 bits per heavy atom. The highest BCUT2D eigenvalue weighted by Gasteiger charge is 2.06. The van der Waals surface area contributed by atoms with Crippen LogP contribution in [0.15, 0.2) is 67.0 Å². The van der Waals surface area contributed by atoms with Crippen LogP contribution in [0.2, 0.25) is 0 Å². The molecule has 0 bridgehead atoms. The molecule has 27 heavy (non-hydrogen) atoms. The number of hydrogen-bond acceptors (Lipinski definition) is 4. The van der Waals surface area contributed by atoms with Crippen LogP contribution < -0.4 is 15.8 Å². The lowest BCUT2D eigenvalue weighted by Crippen LogP contribution is -2.20. The minimum absolute atomic E-state index is 0.113. The van der Waals surface area contributed by atoms with Crippen molar-refractivity contribution < 1.29 is 14.3 Å². The molecule has 1 aromatic heterocycles. The van der Waals surface area contributed by atoms with E-state index in [1.165, 1.54) is 0 Å². The van der Waals surface area contributed by atoms with Crippen LogP contribution in [-0.2, 0) is 22.6 Å². The molecule has 0 aliphatic heterocycles. The maximum Gasteiger partial charge on any atom is 0.262 e. The van der Waals surface area contributed by atoms with E-state index in [1.54, 1.807) is 30.5 Å². The van der Waals surface area contributed by atoms with E-state index >= 15 is 0 Å². The first-order valence-electron chi connectivity index (χ1n) is 8.45. The lowest BCUT2D eigenvalue weighted by Gasteiger charge is -2.09. The number of benzene rings is 2. The van der Waals surface area contributed by atoms with Gasteiger partial charge in [-0.25, -0.2) is 0 Å². The molecule has 0 atom stereocenters. The molecule has 1 heterocycles. The van der Waals surface area contributed by atoms with Crippen LogP contribution >= 0.6 is 0 Å². The Hall–Kier alpha value is -3.61. The van der Waals surface area contributed by atoms with Gasteiger partial charge in [0.2, 0.25) is 5.91 Å². The highest BCUT2D eigenvalue weighted by atomic mass is 16.5. The molecular weight excluding hydrogens is 344 g/mol. The molecule has 0 saturated carbocycles. The van der Waals surface area contributed by atoms with Gasteiger partial charge >= 0.3 is 0 Å². The maximum absolute atomic E-state index is 12.1. The second-order valence-corrected chi connectivity index (χ2v) is 6.03. The summed E-state index contributed by atoms with van der Waals surface area (Å²) in [6.45, 7) is 0.517. The number of nitrogens with one attached hydrogen (secondary N) is 1. The molecule has 3 rings (SSSR count). The van der Waals surface area contributed by atoms with E-state index in [4.69, 9.17) is 10.5 Å². The number of rotatable bonds is 8. The van der Waals surface area contributed by atoms with Crippen LogP contribution in [0.4, 0.5) is 5.69 Å². The molecule has 0 unspecified atom stereocenters. The molecule has 0 aliphatic rings. The van der Waals surface area contributed by atoms with Crippen molar-refractivity contribution in [2.75, 3.05) is 11.9 Å². The van der Waals surface area contributed by atoms with E-state index in [0.717, 1.165) is 11.1 Å². The van der Waals surface area contributed by atoms with E-state index in [1.807, 2.05) is 41.2 Å². The average Bonchev–Trinajstić information content (AvgIpc) is 3.14. The molecule has 0 fully saturated rings. The second kappa shape index (κ2) is 8.66. The Bertz CT molecular complexity index is 905. The number of amides is 2. The third-order valence-corrected chi connectivity index (χ3v) is 3.79. The zero-order valence-corrected chi connectivity index (χ0v) is 14.7. The van der Waals surface area contributed by atoms with Gasteiger partial charge in [-0.15, -0.1) is 0 Å². The minimum Gasteiger partial charge on any atom is -0.484 e. The first-order valence-corrected chi connectivity index (χ1v) is 8.45. The molecule has 7 nitrogen and oxygen atoms in total. The molecule has 3 N–H and O–H groups in total. The number of nitrogens with two attached hydrogens (primary N) is 1. The predicted octanol–water partition coefficient (Wildman–Crippen LogP) is 1.98. The summed E-state index contributed by atoms with van der Waals surface area (Å²) in [5, 5.41) is 6.99. The van der Waals surface area contributed by atoms with Crippen molar-refractivity contribution in [3.63, 3.8) is 0 Å². The largest absolute Gasteiger partial charge is 0.484 e. The van der Waals surface area contributed by atoms with Crippen molar-refractivity contribution in [2.24, 2.45) is 5.73 Å². The van der Waals surface area contributed by atoms with Gasteiger partial charge in [-0.2, -0.15) is 5.10 Å². The molecule has 3 aromatic rings. The Labute approximate surface area is 156 Å². The number of carbonyl (C=O) groups is 2. The fourth-order valence-electron chi connectivity index (χ4n) is 2.58. The molecule has 0 radical (unpaired) electrons. The third-order valence-electron chi connectivity index (χ3n) is 3.79. The van der Waals surface area contributed by atoms with E-state index in [-0.39, 0.29) is 18.9 Å². The molecule has 0 aliphatic carbocycles. The lowest BCUT2D eigenvalue weighted by atomic mass is 10.1. The monoisotopic (exact) mass is 364 g/mol. The molecule has 0 saturated heterocycles. The van der Waals surface area contributed by atoms with Gasteiger partial charge in [0.25, 0.3) is 5.91 Å². The Morgan fingerprint density at radius 3 is 2.59 bits per heavy atom. The fourth-order valence-corrected chi connectivity index (χ4v) is 2.58. The highest BCUT2D eigenvalue weighted by Crippen LogP contribution is 2.14. The van der Waals surface area contributed by atoms with Crippen LogP contribution in [0.25, 0.3) is 0 Å². The first-order chi connectivity index (χ1) is 13.1. The van der Waals surface area contributed by atoms with Gasteiger partial charge in [-0.3, -0.25) is 14.3 Å². The number of hydrogen-bond donors (Lipinski definition) is 2. The van der Waals surface area contributed by atoms with E-state index in [2.05, 4.69) is 10.4 Å². The quantitative estimate of drug-likeness (QED) is 0.638. The van der Waals surface area contributed by atoms with Crippen molar-refractivity contribution in [3.05, 3.63) is 78.1 Å². The van der Waals surface area contributed by atoms with Gasteiger partial charge in [0, 0.05) is 18.1 Å². The van der Waals surface area contributed by atoms with Gasteiger partial charge in [0.1, 0.15) is 5.75 Å². The summed E-state index contributed by atoms with van der Waals surface area (Å²) in [5.41, 5.74) is 7.68. The molecule has 2 amide bonds. The fraction of sp³-hybridized carbons (Fsp3) is 0.150. The predicted molar refractivity (Wildman–Crippen MR) is 101 cm³/mol. The summed E-state index contributed by atoms with van der Waals surface area (Å²) >= 11 is 0. The van der Waals surface area contributed by atoms with E-state index in [9.17, 15) is 9.59 Å². The molecule has 0 spiro atoms. The van der Waals surface area contributed by atoms with Crippen molar-refractivity contribution in [2.45, 2.75) is 13.0 Å². The molecular formula is C20H20N4O3. The average molecular weight is 364 g/mol. The molecule has 7 heteroatoms. The van der Waals surface area contributed by atoms with Crippen molar-refractivity contribution >= 4 is 17.5 Å². The van der Waals surface area contributed by atoms with Crippen molar-refractivity contribution in [1.29, 1.82) is 0 Å². The first kappa shape index (κ1) is 18.2. The number of anilines is 1. The number of primary amides is 1. The normalized spacial score (nSPS) is 10.4. The SMILES string of the molecule is NC(=O)Cc1ccc(OCC(=O)Nc2cccc(Cn3cccn3)c2)cc1. The number of aromatic nitrogens is 2. The van der Waals surface area contributed by atoms with Crippen LogP contribution in [0, 0.1) is 0 Å². The smallest absolute Gasteiger partial charge is 0.262 e. The maximum atomic E-state index is 12.1. The summed E-state index contributed by atoms with van der Waals surface area (Å²) in [7, 11) is 0. The standard InChI is InChI=1S/C20H20N4O3/c21-19(25)12-15-5-7-18(8-6-15)27-14-20(26)23-17-4-1-3-16(11-17)13-24-10-2-9-22-24/h1-11H,12-14H2,(H2,21,25)(H,23,26). The minimum atomic E-state index is -0.391. The zero-order chi connectivity index (χ0) is 19.1. The van der Waals surface area contributed by atoms with Gasteiger partial charge in [0.05, 0.1) is 13.0 Å². The topological polar surface area (TPSA) is 99.2 Å². The lowest BCUT2D eigenvalue weighted by molar-refractivity contribution is -0.118. The zero-order valence-electron chi connectivity index (χ0n) is 14.7. The van der Waals surface area contributed by atoms with Crippen LogP contribution in [-0.4, -0.2) is 28.2 Å². The number of ether oxygens (including phenoxy) is 1. The van der Waals surface area contributed by atoms with Gasteiger partial charge in [-0.1, -0.05) is 24.3 Å². The Kier molecular flexibility index (Phi) is 5.84. The van der Waals surface area contributed by atoms with Crippen molar-refractivity contribution in [1.82, 2.24) is 9.78 Å². The van der Waals surface area contributed by atoms with Gasteiger partial charge < -0.3 is 15.8 Å². The molecule has 138 valence electrons. The summed E-state index contributed by atoms with van der Waals surface area (Å²) in [6.07, 6.45) is 3.78. The Morgan fingerprint density at radius 1 is 1.07 bits per heavy atom. The van der Waals surface area contributed by atoms with Crippen LogP contribution in [0.5, 0.6) is 5.75 Å². The van der Waals surface area contributed by atoms with Gasteiger partial charge in [0.15, 0.2) is 6.61 Å². The molecule has 2 aromatic carbocycles. The van der Waals surface area contributed by atoms with Crippen LogP contribution in [0.1, 0.15) is 11.1 Å². The van der Waals surface area contributed by atoms with Gasteiger partial charge in [-0.05, 0) is 41.5 Å².